The maximum atomic E-state index is 13.0. The molecule has 0 saturated heterocycles. The van der Waals surface area contributed by atoms with E-state index in [4.69, 9.17) is 4.74 Å². The highest BCUT2D eigenvalue weighted by molar-refractivity contribution is 8.05. The summed E-state index contributed by atoms with van der Waals surface area (Å²) >= 11 is 1.51. The van der Waals surface area contributed by atoms with Crippen molar-refractivity contribution in [2.45, 2.75) is 49.8 Å². The van der Waals surface area contributed by atoms with Gasteiger partial charge in [0, 0.05) is 23.3 Å². The lowest BCUT2D eigenvalue weighted by atomic mass is 10.0. The predicted octanol–water partition coefficient (Wildman–Crippen LogP) is 4.10. The number of benzene rings is 1. The van der Waals surface area contributed by atoms with Crippen LogP contribution in [-0.2, 0) is 9.59 Å². The third-order valence-electron chi connectivity index (χ3n) is 6.08. The highest BCUT2D eigenvalue weighted by atomic mass is 32.2. The Hall–Kier alpha value is -2.60. The molecule has 6 heteroatoms. The van der Waals surface area contributed by atoms with Crippen LogP contribution in [0.2, 0.25) is 0 Å². The molecule has 1 unspecified atom stereocenters. The van der Waals surface area contributed by atoms with Crippen LogP contribution in [0.3, 0.4) is 0 Å². The molecule has 0 bridgehead atoms. The van der Waals surface area contributed by atoms with Crippen molar-refractivity contribution in [3.8, 4) is 5.75 Å². The quantitative estimate of drug-likeness (QED) is 0.438. The Labute approximate surface area is 187 Å². The van der Waals surface area contributed by atoms with Crippen molar-refractivity contribution in [2.24, 2.45) is 0 Å². The number of likely N-dealkylation sites (N-methyl/N-ethyl adjacent to an activating group) is 1. The molecule has 1 N–H and O–H groups in total. The zero-order chi connectivity index (χ0) is 21.8. The van der Waals surface area contributed by atoms with Gasteiger partial charge in [-0.05, 0) is 25.0 Å². The molecule has 162 valence electrons. The third kappa shape index (κ3) is 4.85. The lowest BCUT2D eigenvalue weighted by Crippen LogP contribution is -2.39. The van der Waals surface area contributed by atoms with Gasteiger partial charge in [-0.25, -0.2) is 4.79 Å². The van der Waals surface area contributed by atoms with Gasteiger partial charge in [0.1, 0.15) is 23.0 Å². The first-order valence-electron chi connectivity index (χ1n) is 10.9. The summed E-state index contributed by atoms with van der Waals surface area (Å²) in [4.78, 5) is 26.5. The molecule has 1 aromatic carbocycles. The predicted molar refractivity (Wildman–Crippen MR) is 125 cm³/mol. The Balaban J connectivity index is 1.55. The second-order valence-electron chi connectivity index (χ2n) is 8.20. The summed E-state index contributed by atoms with van der Waals surface area (Å²) in [7, 11) is 3.40. The summed E-state index contributed by atoms with van der Waals surface area (Å²) in [6.45, 7) is 0. The van der Waals surface area contributed by atoms with Gasteiger partial charge in [0.2, 0.25) is 5.71 Å². The van der Waals surface area contributed by atoms with E-state index >= 15 is 0 Å². The Morgan fingerprint density at radius 1 is 1.19 bits per heavy atom. The molecule has 4 rings (SSSR count). The number of rotatable bonds is 4. The SMILES string of the molecule is COc1ccccc1/C=C1/SC2C=CC(C(=O)NC3CCCCCC3)=CC2=[N+](C)C1=O. The molecule has 1 fully saturated rings. The molecular weight excluding hydrogens is 408 g/mol. The minimum atomic E-state index is -0.0720. The number of methoxy groups -OCH3 is 1. The minimum Gasteiger partial charge on any atom is -0.496 e. The number of nitrogens with zero attached hydrogens (tertiary/aromatic N) is 1. The molecule has 1 saturated carbocycles. The second-order valence-corrected chi connectivity index (χ2v) is 9.38. The van der Waals surface area contributed by atoms with Crippen LogP contribution in [0.5, 0.6) is 5.75 Å². The largest absolute Gasteiger partial charge is 0.496 e. The highest BCUT2D eigenvalue weighted by Crippen LogP contribution is 2.34. The van der Waals surface area contributed by atoms with E-state index in [1.807, 2.05) is 48.6 Å². The smallest absolute Gasteiger partial charge is 0.425 e. The second kappa shape index (κ2) is 9.69. The minimum absolute atomic E-state index is 0.00177. The number of hydrogen-bond donors (Lipinski definition) is 1. The number of para-hydroxylation sites is 1. The van der Waals surface area contributed by atoms with Gasteiger partial charge in [-0.3, -0.25) is 4.79 Å². The van der Waals surface area contributed by atoms with E-state index in [9.17, 15) is 9.59 Å². The average molecular weight is 438 g/mol. The molecule has 1 heterocycles. The van der Waals surface area contributed by atoms with E-state index in [2.05, 4.69) is 5.32 Å². The fourth-order valence-corrected chi connectivity index (χ4v) is 5.50. The van der Waals surface area contributed by atoms with Gasteiger partial charge in [0.05, 0.1) is 7.11 Å². The molecule has 1 aromatic rings. The lowest BCUT2D eigenvalue weighted by molar-refractivity contribution is -0.413. The fraction of sp³-hybridized carbons (Fsp3) is 0.400. The lowest BCUT2D eigenvalue weighted by Gasteiger charge is -2.22. The van der Waals surface area contributed by atoms with Crippen LogP contribution in [0.1, 0.15) is 44.1 Å². The average Bonchev–Trinajstić information content (AvgIpc) is 3.06. The zero-order valence-corrected chi connectivity index (χ0v) is 18.9. The number of thioether (sulfide) groups is 1. The Bertz CT molecular complexity index is 998. The van der Waals surface area contributed by atoms with E-state index in [0.717, 1.165) is 29.9 Å². The van der Waals surface area contributed by atoms with E-state index in [1.54, 1.807) is 18.7 Å². The van der Waals surface area contributed by atoms with Gasteiger partial charge < -0.3 is 10.1 Å². The number of hydrogen-bond acceptors (Lipinski definition) is 4. The van der Waals surface area contributed by atoms with E-state index < -0.39 is 0 Å². The number of nitrogens with one attached hydrogen (secondary N) is 1. The standard InChI is InChI=1S/C25H28N2O3S/c1-27-20-15-18(24(28)26-19-10-5-3-4-6-11-19)13-14-22(20)31-23(25(27)29)16-17-9-7-8-12-21(17)30-2/h7-9,12-16,19,22H,3-6,10-11H2,1-2H3/p+1/b23-16+. The molecule has 5 nitrogen and oxygen atoms in total. The Morgan fingerprint density at radius 2 is 1.94 bits per heavy atom. The van der Waals surface area contributed by atoms with Gasteiger partial charge in [0.25, 0.3) is 5.91 Å². The van der Waals surface area contributed by atoms with Crippen LogP contribution >= 0.6 is 11.8 Å². The third-order valence-corrected chi connectivity index (χ3v) is 7.28. The summed E-state index contributed by atoms with van der Waals surface area (Å²) in [5.74, 6) is 0.616. The number of amides is 2. The van der Waals surface area contributed by atoms with Gasteiger partial charge in [-0.15, -0.1) is 0 Å². The van der Waals surface area contributed by atoms with Crippen LogP contribution in [0, 0.1) is 0 Å². The summed E-state index contributed by atoms with van der Waals surface area (Å²) in [5.41, 5.74) is 2.34. The molecule has 1 aliphatic heterocycles. The van der Waals surface area contributed by atoms with Crippen molar-refractivity contribution in [3.63, 3.8) is 0 Å². The highest BCUT2D eigenvalue weighted by Gasteiger charge is 2.38. The molecule has 2 amide bonds. The van der Waals surface area contributed by atoms with Gasteiger partial charge in [-0.2, -0.15) is 4.58 Å². The molecule has 31 heavy (non-hydrogen) atoms. The first kappa shape index (κ1) is 21.6. The van der Waals surface area contributed by atoms with Crippen molar-refractivity contribution < 1.29 is 18.9 Å². The van der Waals surface area contributed by atoms with Crippen molar-refractivity contribution >= 4 is 35.4 Å². The molecule has 3 aliphatic rings. The van der Waals surface area contributed by atoms with Crippen LogP contribution < -0.4 is 10.1 Å². The first-order chi connectivity index (χ1) is 15.1. The normalized spacial score (nSPS) is 23.3. The van der Waals surface area contributed by atoms with E-state index in [-0.39, 0.29) is 23.1 Å². The van der Waals surface area contributed by atoms with Gasteiger partial charge >= 0.3 is 5.91 Å². The summed E-state index contributed by atoms with van der Waals surface area (Å²) in [6, 6.07) is 7.91. The van der Waals surface area contributed by atoms with E-state index in [1.165, 1.54) is 37.4 Å². The van der Waals surface area contributed by atoms with Crippen LogP contribution in [0.25, 0.3) is 6.08 Å². The molecule has 0 aromatic heterocycles. The van der Waals surface area contributed by atoms with Crippen LogP contribution in [0.4, 0.5) is 0 Å². The molecular formula is C25H29N2O3S+. The molecule has 0 spiro atoms. The van der Waals surface area contributed by atoms with Crippen LogP contribution in [0.15, 0.2) is 53.0 Å². The Kier molecular flexibility index (Phi) is 6.76. The van der Waals surface area contributed by atoms with Crippen LogP contribution in [-0.4, -0.2) is 47.6 Å². The van der Waals surface area contributed by atoms with E-state index in [0.29, 0.717) is 10.5 Å². The Morgan fingerprint density at radius 3 is 2.68 bits per heavy atom. The van der Waals surface area contributed by atoms with Crippen molar-refractivity contribution in [2.75, 3.05) is 14.2 Å². The zero-order valence-electron chi connectivity index (χ0n) is 18.1. The molecule has 0 radical (unpaired) electrons. The van der Waals surface area contributed by atoms with Crippen molar-refractivity contribution in [1.29, 1.82) is 0 Å². The van der Waals surface area contributed by atoms with Gasteiger partial charge in [-0.1, -0.05) is 67.8 Å². The number of allylic oxidation sites excluding steroid dienone is 1. The first-order valence-corrected chi connectivity index (χ1v) is 11.8. The van der Waals surface area contributed by atoms with Crippen molar-refractivity contribution in [3.05, 3.63) is 58.5 Å². The summed E-state index contributed by atoms with van der Waals surface area (Å²) in [5, 5.41) is 3.20. The fourth-order valence-electron chi connectivity index (χ4n) is 4.29. The molecule has 2 aliphatic carbocycles. The number of ether oxygens (including phenoxy) is 1. The summed E-state index contributed by atoms with van der Waals surface area (Å²) in [6.07, 6.45) is 14.6. The number of carbonyl (C=O) groups excluding carboxylic acids is 2. The number of carbonyl (C=O) groups is 2. The monoisotopic (exact) mass is 437 g/mol. The maximum absolute atomic E-state index is 13.0. The topological polar surface area (TPSA) is 58.4 Å². The maximum Gasteiger partial charge on any atom is 0.425 e. The van der Waals surface area contributed by atoms with Crippen molar-refractivity contribution in [1.82, 2.24) is 5.32 Å². The summed E-state index contributed by atoms with van der Waals surface area (Å²) < 4.78 is 7.07. The van der Waals surface area contributed by atoms with Gasteiger partial charge in [0.15, 0.2) is 0 Å². The number of fused-ring (bicyclic) bond motifs is 1. The molecule has 1 atom stereocenters.